The van der Waals surface area contributed by atoms with E-state index in [0.29, 0.717) is 0 Å². The highest BCUT2D eigenvalue weighted by Gasteiger charge is 2.12. The van der Waals surface area contributed by atoms with Gasteiger partial charge in [-0.15, -0.1) is 11.3 Å². The van der Waals surface area contributed by atoms with Gasteiger partial charge in [-0.25, -0.2) is 4.98 Å². The number of aromatic nitrogens is 2. The van der Waals surface area contributed by atoms with Crippen molar-refractivity contribution in [2.45, 2.75) is 33.9 Å². The van der Waals surface area contributed by atoms with Crippen molar-refractivity contribution >= 4 is 22.2 Å². The Balaban J connectivity index is 2.07. The van der Waals surface area contributed by atoms with Gasteiger partial charge in [0.15, 0.2) is 0 Å². The summed E-state index contributed by atoms with van der Waals surface area (Å²) in [4.78, 5) is 4.60. The Kier molecular flexibility index (Phi) is 3.83. The summed E-state index contributed by atoms with van der Waals surface area (Å²) < 4.78 is 2.38. The van der Waals surface area contributed by atoms with Gasteiger partial charge in [-0.3, -0.25) is 0 Å². The lowest BCUT2D eigenvalue weighted by Crippen LogP contribution is -2.05. The number of fused-ring (bicyclic) bond motifs is 1. The summed E-state index contributed by atoms with van der Waals surface area (Å²) in [6.07, 6.45) is 0. The zero-order chi connectivity index (χ0) is 15.0. The summed E-state index contributed by atoms with van der Waals surface area (Å²) >= 11 is 1.74. The number of nitrogens with one attached hydrogen (secondary N) is 1. The Bertz CT molecular complexity index is 783. The third-order valence-electron chi connectivity index (χ3n) is 4.04. The van der Waals surface area contributed by atoms with Gasteiger partial charge in [0.05, 0.1) is 6.54 Å². The average molecular weight is 299 g/mol. The minimum Gasteiger partial charge on any atom is -0.338 e. The molecule has 0 spiro atoms. The van der Waals surface area contributed by atoms with E-state index in [0.717, 1.165) is 18.8 Å². The minimum atomic E-state index is 0.861. The molecule has 0 saturated carbocycles. The molecule has 0 unspecified atom stereocenters. The van der Waals surface area contributed by atoms with E-state index in [4.69, 9.17) is 0 Å². The van der Waals surface area contributed by atoms with Crippen molar-refractivity contribution in [3.63, 3.8) is 0 Å². The van der Waals surface area contributed by atoms with Gasteiger partial charge in [-0.05, 0) is 51.1 Å². The molecule has 0 aliphatic carbocycles. The number of hydrogen-bond donors (Lipinski definition) is 1. The van der Waals surface area contributed by atoms with Crippen LogP contribution >= 0.6 is 11.3 Å². The molecule has 0 bridgehead atoms. The number of hydrogen-bond acceptors (Lipinski definition) is 3. The molecule has 0 saturated heterocycles. The summed E-state index contributed by atoms with van der Waals surface area (Å²) in [6.45, 7) is 8.24. The van der Waals surface area contributed by atoms with Crippen LogP contribution in [0, 0.1) is 20.8 Å². The Morgan fingerprint density at radius 3 is 2.71 bits per heavy atom. The standard InChI is InChI=1S/C17H21N3S/c1-11-10-21-17(19-11)9-20-13(3)12(2)15-7-14(8-18-4)5-6-16(15)20/h5-7,10,18H,8-9H2,1-4H3. The first kappa shape index (κ1) is 14.3. The van der Waals surface area contributed by atoms with Gasteiger partial charge in [-0.1, -0.05) is 6.07 Å². The molecule has 0 atom stereocenters. The summed E-state index contributed by atoms with van der Waals surface area (Å²) in [5.41, 5.74) is 6.45. The molecule has 0 aliphatic heterocycles. The van der Waals surface area contributed by atoms with Crippen LogP contribution in [0.25, 0.3) is 10.9 Å². The zero-order valence-electron chi connectivity index (χ0n) is 13.0. The molecule has 0 radical (unpaired) electrons. The normalized spacial score (nSPS) is 11.4. The van der Waals surface area contributed by atoms with Crippen LogP contribution in [0.3, 0.4) is 0 Å². The van der Waals surface area contributed by atoms with Crippen LogP contribution in [-0.2, 0) is 13.1 Å². The van der Waals surface area contributed by atoms with Gasteiger partial charge in [0, 0.05) is 34.2 Å². The van der Waals surface area contributed by atoms with Crippen LogP contribution < -0.4 is 5.32 Å². The first-order valence-corrected chi connectivity index (χ1v) is 8.12. The number of rotatable bonds is 4. The zero-order valence-corrected chi connectivity index (χ0v) is 13.8. The van der Waals surface area contributed by atoms with Gasteiger partial charge < -0.3 is 9.88 Å². The molecule has 2 heterocycles. The fourth-order valence-corrected chi connectivity index (χ4v) is 3.58. The van der Waals surface area contributed by atoms with Crippen molar-refractivity contribution in [2.75, 3.05) is 7.05 Å². The SMILES string of the molecule is CNCc1ccc2c(c1)c(C)c(C)n2Cc1nc(C)cs1. The highest BCUT2D eigenvalue weighted by atomic mass is 32.1. The van der Waals surface area contributed by atoms with E-state index in [9.17, 15) is 0 Å². The minimum absolute atomic E-state index is 0.861. The van der Waals surface area contributed by atoms with Gasteiger partial charge in [0.2, 0.25) is 0 Å². The molecule has 4 heteroatoms. The van der Waals surface area contributed by atoms with Crippen molar-refractivity contribution in [1.82, 2.24) is 14.9 Å². The molecule has 1 aromatic carbocycles. The van der Waals surface area contributed by atoms with Gasteiger partial charge >= 0.3 is 0 Å². The lowest BCUT2D eigenvalue weighted by atomic mass is 10.1. The molecule has 1 N–H and O–H groups in total. The molecule has 3 nitrogen and oxygen atoms in total. The van der Waals surface area contributed by atoms with Crippen molar-refractivity contribution in [2.24, 2.45) is 0 Å². The van der Waals surface area contributed by atoms with Gasteiger partial charge in [0.1, 0.15) is 5.01 Å². The molecule has 21 heavy (non-hydrogen) atoms. The smallest absolute Gasteiger partial charge is 0.113 e. The second-order valence-corrected chi connectivity index (χ2v) is 6.50. The third-order valence-corrected chi connectivity index (χ3v) is 5.00. The Morgan fingerprint density at radius 1 is 1.24 bits per heavy atom. The highest BCUT2D eigenvalue weighted by Crippen LogP contribution is 2.27. The topological polar surface area (TPSA) is 29.9 Å². The van der Waals surface area contributed by atoms with E-state index in [1.807, 2.05) is 7.05 Å². The van der Waals surface area contributed by atoms with Crippen molar-refractivity contribution in [3.05, 3.63) is 51.1 Å². The maximum absolute atomic E-state index is 4.60. The van der Waals surface area contributed by atoms with Gasteiger partial charge in [-0.2, -0.15) is 0 Å². The van der Waals surface area contributed by atoms with E-state index in [1.54, 1.807) is 11.3 Å². The Labute approximate surface area is 129 Å². The quantitative estimate of drug-likeness (QED) is 0.794. The van der Waals surface area contributed by atoms with E-state index in [1.165, 1.54) is 32.7 Å². The molecular formula is C17H21N3S. The predicted octanol–water partition coefficient (Wildman–Crippen LogP) is 3.79. The Hall–Kier alpha value is -1.65. The number of benzene rings is 1. The molecule has 3 aromatic rings. The molecule has 0 fully saturated rings. The maximum atomic E-state index is 4.60. The van der Waals surface area contributed by atoms with E-state index in [-0.39, 0.29) is 0 Å². The first-order valence-electron chi connectivity index (χ1n) is 7.24. The molecule has 110 valence electrons. The largest absolute Gasteiger partial charge is 0.338 e. The molecule has 3 rings (SSSR count). The first-order chi connectivity index (χ1) is 10.1. The van der Waals surface area contributed by atoms with E-state index >= 15 is 0 Å². The molecule has 0 amide bonds. The van der Waals surface area contributed by atoms with Crippen molar-refractivity contribution in [1.29, 1.82) is 0 Å². The molecule has 0 aliphatic rings. The molecule has 2 aromatic heterocycles. The van der Waals surface area contributed by atoms with Crippen LogP contribution in [-0.4, -0.2) is 16.6 Å². The van der Waals surface area contributed by atoms with Crippen LogP contribution in [0.5, 0.6) is 0 Å². The number of nitrogens with zero attached hydrogens (tertiary/aromatic N) is 2. The summed E-state index contributed by atoms with van der Waals surface area (Å²) in [7, 11) is 1.98. The van der Waals surface area contributed by atoms with Crippen LogP contribution in [0.1, 0.15) is 27.5 Å². The lowest BCUT2D eigenvalue weighted by Gasteiger charge is -2.07. The predicted molar refractivity (Wildman–Crippen MR) is 90.1 cm³/mol. The second-order valence-electron chi connectivity index (χ2n) is 5.56. The highest BCUT2D eigenvalue weighted by molar-refractivity contribution is 7.09. The summed E-state index contributed by atoms with van der Waals surface area (Å²) in [5.74, 6) is 0. The third kappa shape index (κ3) is 2.61. The van der Waals surface area contributed by atoms with Crippen LogP contribution in [0.4, 0.5) is 0 Å². The molecular weight excluding hydrogens is 278 g/mol. The monoisotopic (exact) mass is 299 g/mol. The average Bonchev–Trinajstić information content (AvgIpc) is 2.97. The lowest BCUT2D eigenvalue weighted by molar-refractivity contribution is 0.790. The number of aryl methyl sites for hydroxylation is 2. The van der Waals surface area contributed by atoms with Crippen LogP contribution in [0.15, 0.2) is 23.6 Å². The van der Waals surface area contributed by atoms with E-state index in [2.05, 4.69) is 59.2 Å². The summed E-state index contributed by atoms with van der Waals surface area (Å²) in [5, 5.41) is 7.86. The van der Waals surface area contributed by atoms with Crippen molar-refractivity contribution in [3.8, 4) is 0 Å². The second kappa shape index (κ2) is 5.62. The fraction of sp³-hybridized carbons (Fsp3) is 0.353. The van der Waals surface area contributed by atoms with Crippen molar-refractivity contribution < 1.29 is 0 Å². The van der Waals surface area contributed by atoms with E-state index < -0.39 is 0 Å². The van der Waals surface area contributed by atoms with Crippen LogP contribution in [0.2, 0.25) is 0 Å². The summed E-state index contributed by atoms with van der Waals surface area (Å²) in [6, 6.07) is 6.75. The maximum Gasteiger partial charge on any atom is 0.113 e. The fourth-order valence-electron chi connectivity index (χ4n) is 2.83. The number of thiazole rings is 1. The Morgan fingerprint density at radius 2 is 2.05 bits per heavy atom. The van der Waals surface area contributed by atoms with Gasteiger partial charge in [0.25, 0.3) is 0 Å².